The molecular formula is C6H11N3O3S. The van der Waals surface area contributed by atoms with Gasteiger partial charge >= 0.3 is 0 Å². The van der Waals surface area contributed by atoms with E-state index in [1.807, 2.05) is 0 Å². The van der Waals surface area contributed by atoms with Crippen LogP contribution in [0.1, 0.15) is 12.7 Å². The smallest absolute Gasteiger partial charge is 0.266 e. The van der Waals surface area contributed by atoms with Crippen molar-refractivity contribution < 1.29 is 13.5 Å². The van der Waals surface area contributed by atoms with Crippen molar-refractivity contribution in [2.45, 2.75) is 25.1 Å². The molecule has 0 spiro atoms. The summed E-state index contributed by atoms with van der Waals surface area (Å²) < 4.78 is 22.7. The molecule has 0 bridgehead atoms. The normalized spacial score (nSPS) is 14.4. The van der Waals surface area contributed by atoms with Crippen molar-refractivity contribution in [2.24, 2.45) is 0 Å². The Morgan fingerprint density at radius 2 is 2.23 bits per heavy atom. The lowest BCUT2D eigenvalue weighted by molar-refractivity contribution is 0.218. The number of aromatic nitrogens is 3. The Labute approximate surface area is 75.9 Å². The molecule has 2 N–H and O–H groups in total. The van der Waals surface area contributed by atoms with E-state index in [4.69, 9.17) is 5.11 Å². The third-order valence-electron chi connectivity index (χ3n) is 1.32. The summed E-state index contributed by atoms with van der Waals surface area (Å²) in [7, 11) is -3.54. The fourth-order valence-corrected chi connectivity index (χ4v) is 2.10. The minimum Gasteiger partial charge on any atom is -0.392 e. The van der Waals surface area contributed by atoms with Gasteiger partial charge in [-0.05, 0) is 13.8 Å². The van der Waals surface area contributed by atoms with Gasteiger partial charge in [0.25, 0.3) is 5.16 Å². The summed E-state index contributed by atoms with van der Waals surface area (Å²) in [4.78, 5) is 3.67. The largest absolute Gasteiger partial charge is 0.392 e. The van der Waals surface area contributed by atoms with Gasteiger partial charge in [-0.15, -0.1) is 5.10 Å². The van der Waals surface area contributed by atoms with E-state index in [2.05, 4.69) is 15.2 Å². The minimum absolute atomic E-state index is 0.258. The van der Waals surface area contributed by atoms with Gasteiger partial charge in [-0.25, -0.2) is 13.4 Å². The summed E-state index contributed by atoms with van der Waals surface area (Å²) in [6.07, 6.45) is -0.913. The van der Waals surface area contributed by atoms with E-state index in [1.165, 1.54) is 6.92 Å². The zero-order valence-electron chi connectivity index (χ0n) is 7.35. The molecular weight excluding hydrogens is 194 g/mol. The van der Waals surface area contributed by atoms with Gasteiger partial charge in [-0.3, -0.25) is 5.10 Å². The molecule has 13 heavy (non-hydrogen) atoms. The molecule has 7 heteroatoms. The highest BCUT2D eigenvalue weighted by molar-refractivity contribution is 7.91. The first kappa shape index (κ1) is 10.1. The molecule has 1 atom stereocenters. The van der Waals surface area contributed by atoms with E-state index in [-0.39, 0.29) is 10.9 Å². The highest BCUT2D eigenvalue weighted by Crippen LogP contribution is 2.05. The van der Waals surface area contributed by atoms with Gasteiger partial charge in [-0.1, -0.05) is 0 Å². The first-order valence-corrected chi connectivity index (χ1v) is 5.37. The number of aliphatic hydroxyl groups excluding tert-OH is 1. The molecule has 1 heterocycles. The predicted molar refractivity (Wildman–Crippen MR) is 44.9 cm³/mol. The molecule has 0 aliphatic rings. The first-order chi connectivity index (χ1) is 5.92. The molecule has 1 rings (SSSR count). The number of aryl methyl sites for hydroxylation is 1. The number of hydrogen-bond acceptors (Lipinski definition) is 5. The number of nitrogens with zero attached hydrogens (tertiary/aromatic N) is 2. The molecule has 0 aliphatic heterocycles. The molecule has 0 aromatic carbocycles. The van der Waals surface area contributed by atoms with E-state index in [9.17, 15) is 8.42 Å². The zero-order valence-corrected chi connectivity index (χ0v) is 8.17. The van der Waals surface area contributed by atoms with Gasteiger partial charge in [0.15, 0.2) is 0 Å². The third-order valence-corrected chi connectivity index (χ3v) is 2.98. The Hall–Kier alpha value is -0.950. The maximum absolute atomic E-state index is 11.4. The van der Waals surface area contributed by atoms with Crippen LogP contribution >= 0.6 is 0 Å². The fraction of sp³-hybridized carbons (Fsp3) is 0.667. The summed E-state index contributed by atoms with van der Waals surface area (Å²) in [5.41, 5.74) is 0. The maximum atomic E-state index is 11.4. The van der Waals surface area contributed by atoms with E-state index < -0.39 is 15.9 Å². The van der Waals surface area contributed by atoms with Crippen molar-refractivity contribution in [3.8, 4) is 0 Å². The van der Waals surface area contributed by atoms with Crippen LogP contribution in [0.4, 0.5) is 0 Å². The third kappa shape index (κ3) is 2.49. The minimum atomic E-state index is -3.54. The van der Waals surface area contributed by atoms with Crippen molar-refractivity contribution in [3.05, 3.63) is 5.82 Å². The SMILES string of the molecule is Cc1nc(S(=O)(=O)CC(C)O)n[nH]1. The van der Waals surface area contributed by atoms with E-state index >= 15 is 0 Å². The summed E-state index contributed by atoms with van der Waals surface area (Å²) in [5, 5.41) is 14.6. The summed E-state index contributed by atoms with van der Waals surface area (Å²) in [6.45, 7) is 3.01. The van der Waals surface area contributed by atoms with Gasteiger partial charge in [0.05, 0.1) is 11.9 Å². The van der Waals surface area contributed by atoms with Crippen LogP contribution in [0, 0.1) is 6.92 Å². The Bertz CT molecular complexity index is 382. The van der Waals surface area contributed by atoms with Crippen LogP contribution in [0.2, 0.25) is 0 Å². The highest BCUT2D eigenvalue weighted by Gasteiger charge is 2.21. The van der Waals surface area contributed by atoms with Gasteiger partial charge < -0.3 is 5.11 Å². The molecule has 0 aliphatic carbocycles. The molecule has 0 radical (unpaired) electrons. The molecule has 1 aromatic rings. The summed E-state index contributed by atoms with van der Waals surface area (Å²) in [5.74, 6) is 0.0776. The van der Waals surface area contributed by atoms with Crippen LogP contribution in [0.25, 0.3) is 0 Å². The van der Waals surface area contributed by atoms with Crippen molar-refractivity contribution in [1.29, 1.82) is 0 Å². The van der Waals surface area contributed by atoms with E-state index in [0.717, 1.165) is 0 Å². The van der Waals surface area contributed by atoms with Gasteiger partial charge in [0.1, 0.15) is 5.82 Å². The second kappa shape index (κ2) is 3.43. The lowest BCUT2D eigenvalue weighted by Crippen LogP contribution is -2.18. The van der Waals surface area contributed by atoms with Gasteiger partial charge in [0.2, 0.25) is 9.84 Å². The zero-order chi connectivity index (χ0) is 10.1. The number of rotatable bonds is 3. The van der Waals surface area contributed by atoms with E-state index in [1.54, 1.807) is 6.92 Å². The molecule has 0 saturated heterocycles. The van der Waals surface area contributed by atoms with Crippen molar-refractivity contribution >= 4 is 9.84 Å². The van der Waals surface area contributed by atoms with Crippen molar-refractivity contribution in [2.75, 3.05) is 5.75 Å². The molecule has 6 nitrogen and oxygen atoms in total. The summed E-state index contributed by atoms with van der Waals surface area (Å²) in [6, 6.07) is 0. The van der Waals surface area contributed by atoms with Crippen LogP contribution in [0.5, 0.6) is 0 Å². The second-order valence-corrected chi connectivity index (χ2v) is 4.76. The van der Waals surface area contributed by atoms with Crippen LogP contribution in [-0.2, 0) is 9.84 Å². The van der Waals surface area contributed by atoms with E-state index in [0.29, 0.717) is 5.82 Å². The number of aliphatic hydroxyl groups is 1. The maximum Gasteiger partial charge on any atom is 0.266 e. The predicted octanol–water partition coefficient (Wildman–Crippen LogP) is -0.732. The molecule has 1 unspecified atom stereocenters. The fourth-order valence-electron chi connectivity index (χ4n) is 0.853. The number of aromatic amines is 1. The average Bonchev–Trinajstić information content (AvgIpc) is 2.32. The number of hydrogen-bond donors (Lipinski definition) is 2. The molecule has 74 valence electrons. The lowest BCUT2D eigenvalue weighted by Gasteiger charge is -2.01. The molecule has 0 amide bonds. The standard InChI is InChI=1S/C6H11N3O3S/c1-4(10)3-13(11,12)6-7-5(2)8-9-6/h4,10H,3H2,1-2H3,(H,7,8,9). The van der Waals surface area contributed by atoms with Crippen LogP contribution < -0.4 is 0 Å². The Balaban J connectivity index is 2.95. The van der Waals surface area contributed by atoms with Gasteiger partial charge in [-0.2, -0.15) is 0 Å². The lowest BCUT2D eigenvalue weighted by atomic mass is 10.5. The van der Waals surface area contributed by atoms with Crippen LogP contribution in [0.15, 0.2) is 5.16 Å². The number of sulfone groups is 1. The number of nitrogens with one attached hydrogen (secondary N) is 1. The molecule has 0 saturated carbocycles. The summed E-state index contributed by atoms with van der Waals surface area (Å²) >= 11 is 0. The van der Waals surface area contributed by atoms with Crippen LogP contribution in [0.3, 0.4) is 0 Å². The molecule has 0 fully saturated rings. The number of H-pyrrole nitrogens is 1. The highest BCUT2D eigenvalue weighted by atomic mass is 32.2. The van der Waals surface area contributed by atoms with Crippen molar-refractivity contribution in [3.63, 3.8) is 0 Å². The van der Waals surface area contributed by atoms with Crippen molar-refractivity contribution in [1.82, 2.24) is 15.2 Å². The average molecular weight is 205 g/mol. The Morgan fingerprint density at radius 1 is 1.62 bits per heavy atom. The Morgan fingerprint density at radius 3 is 2.62 bits per heavy atom. The topological polar surface area (TPSA) is 95.9 Å². The van der Waals surface area contributed by atoms with Gasteiger partial charge in [0, 0.05) is 0 Å². The monoisotopic (exact) mass is 205 g/mol. The quantitative estimate of drug-likeness (QED) is 0.678. The van der Waals surface area contributed by atoms with Crippen LogP contribution in [-0.4, -0.2) is 40.6 Å². The molecule has 1 aromatic heterocycles. The second-order valence-electron chi connectivity index (χ2n) is 2.83. The first-order valence-electron chi connectivity index (χ1n) is 3.71. The Kier molecular flexibility index (Phi) is 2.67.